The second kappa shape index (κ2) is 23.7. The largest absolute Gasteiger partial charge is 0.300 e. The minimum absolute atomic E-state index is 0.500. The lowest BCUT2D eigenvalue weighted by Gasteiger charge is -2.04. The van der Waals surface area contributed by atoms with Gasteiger partial charge in [-0.05, 0) is 12.8 Å². The molecule has 0 rings (SSSR count). The highest BCUT2D eigenvalue weighted by molar-refractivity contribution is 5.78. The van der Waals surface area contributed by atoms with Gasteiger partial charge in [-0.2, -0.15) is 0 Å². The van der Waals surface area contributed by atoms with Crippen molar-refractivity contribution < 1.29 is 4.79 Å². The van der Waals surface area contributed by atoms with Gasteiger partial charge in [0, 0.05) is 12.8 Å². The molecule has 0 N–H and O–H groups in total. The highest BCUT2D eigenvalue weighted by atomic mass is 16.1. The van der Waals surface area contributed by atoms with E-state index in [2.05, 4.69) is 13.8 Å². The van der Waals surface area contributed by atoms with Gasteiger partial charge in [0.25, 0.3) is 0 Å². The first-order valence-electron chi connectivity index (χ1n) is 12.8. The van der Waals surface area contributed by atoms with E-state index in [-0.39, 0.29) is 0 Å². The van der Waals surface area contributed by atoms with Crippen LogP contribution >= 0.6 is 0 Å². The van der Waals surface area contributed by atoms with Gasteiger partial charge in [-0.25, -0.2) is 0 Å². The molecule has 0 aliphatic heterocycles. The number of carbonyl (C=O) groups is 1. The molecule has 0 saturated carbocycles. The summed E-state index contributed by atoms with van der Waals surface area (Å²) in [6.07, 6.45) is 30.5. The van der Waals surface area contributed by atoms with Crippen LogP contribution in [-0.4, -0.2) is 5.78 Å². The molecule has 0 amide bonds. The van der Waals surface area contributed by atoms with Crippen molar-refractivity contribution in [3.8, 4) is 0 Å². The van der Waals surface area contributed by atoms with Crippen LogP contribution in [0.2, 0.25) is 0 Å². The van der Waals surface area contributed by atoms with Gasteiger partial charge < -0.3 is 0 Å². The normalized spacial score (nSPS) is 11.2. The quantitative estimate of drug-likeness (QED) is 0.161. The standard InChI is InChI=1S/C26H52O/c1-3-5-7-8-9-10-11-12-13-14-15-16-17-18-19-20-21-23-25-26(27)24-22-6-4-2/h3-25H2,1-2H3. The Bertz CT molecular complexity index is 284. The molecule has 1 nitrogen and oxygen atoms in total. The molecule has 0 fully saturated rings. The fraction of sp³-hybridized carbons (Fsp3) is 0.962. The van der Waals surface area contributed by atoms with Crippen LogP contribution in [0.4, 0.5) is 0 Å². The summed E-state index contributed by atoms with van der Waals surface area (Å²) in [7, 11) is 0. The maximum Gasteiger partial charge on any atom is 0.132 e. The van der Waals surface area contributed by atoms with Crippen LogP contribution in [0, 0.1) is 0 Å². The van der Waals surface area contributed by atoms with Crippen LogP contribution in [0.15, 0.2) is 0 Å². The maximum atomic E-state index is 11.7. The molecule has 0 bridgehead atoms. The van der Waals surface area contributed by atoms with E-state index in [9.17, 15) is 4.79 Å². The fourth-order valence-corrected chi connectivity index (χ4v) is 3.92. The average molecular weight is 381 g/mol. The van der Waals surface area contributed by atoms with Gasteiger partial charge in [-0.3, -0.25) is 4.79 Å². The van der Waals surface area contributed by atoms with Crippen LogP contribution in [-0.2, 0) is 4.79 Å². The Hall–Kier alpha value is -0.330. The van der Waals surface area contributed by atoms with Gasteiger partial charge in [0.1, 0.15) is 5.78 Å². The van der Waals surface area contributed by atoms with Crippen molar-refractivity contribution in [1.29, 1.82) is 0 Å². The summed E-state index contributed by atoms with van der Waals surface area (Å²) in [5.74, 6) is 0.500. The summed E-state index contributed by atoms with van der Waals surface area (Å²) in [5.41, 5.74) is 0. The molecule has 0 aliphatic rings. The topological polar surface area (TPSA) is 17.1 Å². The van der Waals surface area contributed by atoms with E-state index < -0.39 is 0 Å². The first kappa shape index (κ1) is 26.7. The molecule has 0 spiro atoms. The van der Waals surface area contributed by atoms with Crippen LogP contribution in [0.1, 0.15) is 162 Å². The third-order valence-corrected chi connectivity index (χ3v) is 5.87. The number of rotatable bonds is 23. The van der Waals surface area contributed by atoms with Gasteiger partial charge in [0.05, 0.1) is 0 Å². The van der Waals surface area contributed by atoms with Crippen LogP contribution in [0.25, 0.3) is 0 Å². The summed E-state index contributed by atoms with van der Waals surface area (Å²) in [6.45, 7) is 4.49. The number of unbranched alkanes of at least 4 members (excludes halogenated alkanes) is 19. The summed E-state index contributed by atoms with van der Waals surface area (Å²) in [4.78, 5) is 11.7. The predicted octanol–water partition coefficient (Wildman–Crippen LogP) is 9.57. The zero-order chi connectivity index (χ0) is 19.8. The lowest BCUT2D eigenvalue weighted by molar-refractivity contribution is -0.119. The molecule has 0 heterocycles. The molecular weight excluding hydrogens is 328 g/mol. The van der Waals surface area contributed by atoms with E-state index in [1.165, 1.54) is 122 Å². The summed E-state index contributed by atoms with van der Waals surface area (Å²) >= 11 is 0. The Morgan fingerprint density at radius 3 is 0.926 bits per heavy atom. The Kier molecular flexibility index (Phi) is 23.4. The maximum absolute atomic E-state index is 11.7. The molecule has 0 aliphatic carbocycles. The lowest BCUT2D eigenvalue weighted by Crippen LogP contribution is -1.97. The van der Waals surface area contributed by atoms with E-state index in [1.807, 2.05) is 0 Å². The van der Waals surface area contributed by atoms with Crippen molar-refractivity contribution in [2.45, 2.75) is 162 Å². The molecule has 0 atom stereocenters. The third-order valence-electron chi connectivity index (χ3n) is 5.87. The van der Waals surface area contributed by atoms with Crippen molar-refractivity contribution in [1.82, 2.24) is 0 Å². The molecule has 0 unspecified atom stereocenters. The van der Waals surface area contributed by atoms with E-state index in [4.69, 9.17) is 0 Å². The summed E-state index contributed by atoms with van der Waals surface area (Å²) in [6, 6.07) is 0. The molecule has 162 valence electrons. The minimum atomic E-state index is 0.500. The fourth-order valence-electron chi connectivity index (χ4n) is 3.92. The Balaban J connectivity index is 3.06. The zero-order valence-electron chi connectivity index (χ0n) is 19.2. The van der Waals surface area contributed by atoms with Crippen LogP contribution in [0.5, 0.6) is 0 Å². The van der Waals surface area contributed by atoms with Crippen LogP contribution in [0.3, 0.4) is 0 Å². The SMILES string of the molecule is CCCCCCCCCCCCCCCCCCCCC(=O)CCCCC. The number of hydrogen-bond donors (Lipinski definition) is 0. The number of hydrogen-bond acceptors (Lipinski definition) is 1. The number of ketones is 1. The second-order valence-electron chi connectivity index (χ2n) is 8.76. The molecule has 0 aromatic heterocycles. The van der Waals surface area contributed by atoms with Gasteiger partial charge in [0.15, 0.2) is 0 Å². The van der Waals surface area contributed by atoms with E-state index in [0.29, 0.717) is 5.78 Å². The van der Waals surface area contributed by atoms with Crippen molar-refractivity contribution in [2.75, 3.05) is 0 Å². The van der Waals surface area contributed by atoms with Gasteiger partial charge in [-0.15, -0.1) is 0 Å². The van der Waals surface area contributed by atoms with Crippen molar-refractivity contribution >= 4 is 5.78 Å². The number of Topliss-reactive ketones (excluding diaryl/α,β-unsaturated/α-hetero) is 1. The van der Waals surface area contributed by atoms with Gasteiger partial charge in [-0.1, -0.05) is 136 Å². The second-order valence-corrected chi connectivity index (χ2v) is 8.76. The van der Waals surface area contributed by atoms with Crippen molar-refractivity contribution in [3.05, 3.63) is 0 Å². The first-order chi connectivity index (χ1) is 13.3. The van der Waals surface area contributed by atoms with E-state index >= 15 is 0 Å². The monoisotopic (exact) mass is 380 g/mol. The Morgan fingerprint density at radius 1 is 0.370 bits per heavy atom. The molecule has 1 heteroatoms. The number of carbonyl (C=O) groups excluding carboxylic acids is 1. The average Bonchev–Trinajstić information content (AvgIpc) is 2.67. The first-order valence-corrected chi connectivity index (χ1v) is 12.8. The van der Waals surface area contributed by atoms with Crippen molar-refractivity contribution in [3.63, 3.8) is 0 Å². The minimum Gasteiger partial charge on any atom is -0.300 e. The molecular formula is C26H52O. The Morgan fingerprint density at radius 2 is 0.593 bits per heavy atom. The molecule has 0 radical (unpaired) electrons. The highest BCUT2D eigenvalue weighted by Crippen LogP contribution is 2.15. The predicted molar refractivity (Wildman–Crippen MR) is 123 cm³/mol. The zero-order valence-corrected chi connectivity index (χ0v) is 19.2. The van der Waals surface area contributed by atoms with Gasteiger partial charge >= 0.3 is 0 Å². The lowest BCUT2D eigenvalue weighted by atomic mass is 10.0. The van der Waals surface area contributed by atoms with Crippen LogP contribution < -0.4 is 0 Å². The highest BCUT2D eigenvalue weighted by Gasteiger charge is 2.01. The summed E-state index contributed by atoms with van der Waals surface area (Å²) in [5, 5.41) is 0. The third kappa shape index (κ3) is 23.6. The molecule has 0 aromatic carbocycles. The molecule has 27 heavy (non-hydrogen) atoms. The van der Waals surface area contributed by atoms with E-state index in [1.54, 1.807) is 0 Å². The smallest absolute Gasteiger partial charge is 0.132 e. The Labute approximate surface area is 172 Å². The van der Waals surface area contributed by atoms with Crippen molar-refractivity contribution in [2.24, 2.45) is 0 Å². The summed E-state index contributed by atoms with van der Waals surface area (Å²) < 4.78 is 0. The van der Waals surface area contributed by atoms with E-state index in [0.717, 1.165) is 25.7 Å². The molecule has 0 aromatic rings. The van der Waals surface area contributed by atoms with Gasteiger partial charge in [0.2, 0.25) is 0 Å². The molecule has 0 saturated heterocycles.